The molecule has 0 spiro atoms. The van der Waals surface area contributed by atoms with E-state index in [-0.39, 0.29) is 0 Å². The molecule has 0 aromatic carbocycles. The number of hydrogen-bond donors (Lipinski definition) is 0. The number of ether oxygens (including phenoxy) is 1. The maximum atomic E-state index is 10.7. The Hall–Kier alpha value is -1.30. The zero-order valence-corrected chi connectivity index (χ0v) is 6.05. The third-order valence-electron chi connectivity index (χ3n) is 0.878. The lowest BCUT2D eigenvalue weighted by Crippen LogP contribution is -2.04. The summed E-state index contributed by atoms with van der Waals surface area (Å²) in [5.74, 6) is -0.427. The highest BCUT2D eigenvalue weighted by Crippen LogP contribution is 1.94. The fraction of sp³-hybridized carbons (Fsp3) is 0.429. The number of allylic oxidation sites excluding steroid dienone is 1. The molecule has 0 saturated heterocycles. The molecule has 0 aromatic heterocycles. The molecule has 3 heteroatoms. The molecular formula is C7H9NO2. The number of rotatable bonds is 2. The van der Waals surface area contributed by atoms with Crippen LogP contribution < -0.4 is 0 Å². The number of nitrogens with zero attached hydrogens (tertiary/aromatic N) is 1. The SMILES string of the molecule is CCOC(=O)/C(C)=C\C#N. The molecule has 0 aliphatic rings. The molecule has 54 valence electrons. The van der Waals surface area contributed by atoms with Gasteiger partial charge in [-0.1, -0.05) is 0 Å². The van der Waals surface area contributed by atoms with Crippen LogP contribution in [-0.4, -0.2) is 12.6 Å². The molecule has 0 amide bonds. The molecule has 0 bridgehead atoms. The third kappa shape index (κ3) is 2.88. The predicted molar refractivity (Wildman–Crippen MR) is 36.0 cm³/mol. The smallest absolute Gasteiger partial charge is 0.334 e. The molecule has 0 aliphatic carbocycles. The van der Waals surface area contributed by atoms with Gasteiger partial charge in [-0.2, -0.15) is 5.26 Å². The van der Waals surface area contributed by atoms with Crippen molar-refractivity contribution in [2.45, 2.75) is 13.8 Å². The van der Waals surface area contributed by atoms with Crippen LogP contribution in [0, 0.1) is 11.3 Å². The van der Waals surface area contributed by atoms with E-state index in [4.69, 9.17) is 5.26 Å². The van der Waals surface area contributed by atoms with E-state index >= 15 is 0 Å². The van der Waals surface area contributed by atoms with Crippen molar-refractivity contribution >= 4 is 5.97 Å². The van der Waals surface area contributed by atoms with Crippen LogP contribution in [0.5, 0.6) is 0 Å². The summed E-state index contributed by atoms with van der Waals surface area (Å²) in [5, 5.41) is 8.12. The van der Waals surface area contributed by atoms with E-state index in [9.17, 15) is 4.79 Å². The highest BCUT2D eigenvalue weighted by molar-refractivity contribution is 5.88. The van der Waals surface area contributed by atoms with Gasteiger partial charge in [-0.25, -0.2) is 4.79 Å². The predicted octanol–water partition coefficient (Wildman–Crippen LogP) is 1.02. The van der Waals surface area contributed by atoms with Gasteiger partial charge in [0.05, 0.1) is 12.7 Å². The van der Waals surface area contributed by atoms with Crippen LogP contribution in [0.3, 0.4) is 0 Å². The van der Waals surface area contributed by atoms with Crippen molar-refractivity contribution in [2.24, 2.45) is 0 Å². The van der Waals surface area contributed by atoms with Crippen LogP contribution in [-0.2, 0) is 9.53 Å². The second-order valence-electron chi connectivity index (χ2n) is 1.68. The van der Waals surface area contributed by atoms with Crippen molar-refractivity contribution < 1.29 is 9.53 Å². The molecule has 0 heterocycles. The highest BCUT2D eigenvalue weighted by Gasteiger charge is 2.01. The van der Waals surface area contributed by atoms with Crippen LogP contribution in [0.2, 0.25) is 0 Å². The average molecular weight is 139 g/mol. The standard InChI is InChI=1S/C7H9NO2/c1-3-10-7(9)6(2)4-5-8/h4H,3H2,1-2H3/b6-4-. The Bertz CT molecular complexity index is 188. The average Bonchev–Trinajstić information content (AvgIpc) is 1.89. The van der Waals surface area contributed by atoms with E-state index in [0.717, 1.165) is 6.08 Å². The zero-order chi connectivity index (χ0) is 7.98. The number of esters is 1. The first-order chi connectivity index (χ1) is 4.72. The van der Waals surface area contributed by atoms with E-state index in [1.165, 1.54) is 0 Å². The molecule has 0 N–H and O–H groups in total. The van der Waals surface area contributed by atoms with Crippen LogP contribution >= 0.6 is 0 Å². The number of carbonyl (C=O) groups is 1. The van der Waals surface area contributed by atoms with E-state index in [2.05, 4.69) is 4.74 Å². The largest absolute Gasteiger partial charge is 0.463 e. The molecule has 0 rings (SSSR count). The fourth-order valence-electron chi connectivity index (χ4n) is 0.401. The minimum atomic E-state index is -0.427. The van der Waals surface area contributed by atoms with Gasteiger partial charge in [0.25, 0.3) is 0 Å². The Morgan fingerprint density at radius 1 is 1.80 bits per heavy atom. The second kappa shape index (κ2) is 4.57. The molecule has 0 saturated carbocycles. The Morgan fingerprint density at radius 3 is 2.80 bits per heavy atom. The van der Waals surface area contributed by atoms with Gasteiger partial charge in [0.2, 0.25) is 0 Å². The van der Waals surface area contributed by atoms with Crippen molar-refractivity contribution in [3.05, 3.63) is 11.6 Å². The summed E-state index contributed by atoms with van der Waals surface area (Å²) in [7, 11) is 0. The minimum Gasteiger partial charge on any atom is -0.463 e. The first-order valence-corrected chi connectivity index (χ1v) is 2.95. The quantitative estimate of drug-likeness (QED) is 0.326. The van der Waals surface area contributed by atoms with Gasteiger partial charge in [-0.15, -0.1) is 0 Å². The summed E-state index contributed by atoms with van der Waals surface area (Å²) >= 11 is 0. The molecule has 0 atom stereocenters. The number of nitriles is 1. The molecule has 10 heavy (non-hydrogen) atoms. The Morgan fingerprint density at radius 2 is 2.40 bits per heavy atom. The van der Waals surface area contributed by atoms with Gasteiger partial charge in [0, 0.05) is 11.6 Å². The van der Waals surface area contributed by atoms with Crippen molar-refractivity contribution in [3.8, 4) is 6.07 Å². The third-order valence-corrected chi connectivity index (χ3v) is 0.878. The Labute approximate surface area is 59.9 Å². The van der Waals surface area contributed by atoms with Crippen molar-refractivity contribution in [1.82, 2.24) is 0 Å². The van der Waals surface area contributed by atoms with Crippen LogP contribution in [0.1, 0.15) is 13.8 Å². The van der Waals surface area contributed by atoms with Crippen molar-refractivity contribution in [1.29, 1.82) is 5.26 Å². The van der Waals surface area contributed by atoms with Gasteiger partial charge in [0.15, 0.2) is 0 Å². The second-order valence-corrected chi connectivity index (χ2v) is 1.68. The molecule has 0 fully saturated rings. The maximum absolute atomic E-state index is 10.7. The first-order valence-electron chi connectivity index (χ1n) is 2.95. The molecule has 3 nitrogen and oxygen atoms in total. The lowest BCUT2D eigenvalue weighted by Gasteiger charge is -1.97. The van der Waals surface area contributed by atoms with Crippen LogP contribution in [0.4, 0.5) is 0 Å². The van der Waals surface area contributed by atoms with E-state index < -0.39 is 5.97 Å². The summed E-state index contributed by atoms with van der Waals surface area (Å²) in [5.41, 5.74) is 0.337. The topological polar surface area (TPSA) is 50.1 Å². The van der Waals surface area contributed by atoms with Crippen LogP contribution in [0.15, 0.2) is 11.6 Å². The van der Waals surface area contributed by atoms with Gasteiger partial charge < -0.3 is 4.74 Å². The molecule has 0 aromatic rings. The molecule has 0 aliphatic heterocycles. The number of hydrogen-bond acceptors (Lipinski definition) is 3. The summed E-state index contributed by atoms with van der Waals surface area (Å²) < 4.78 is 4.60. The highest BCUT2D eigenvalue weighted by atomic mass is 16.5. The summed E-state index contributed by atoms with van der Waals surface area (Å²) in [6.07, 6.45) is 1.16. The summed E-state index contributed by atoms with van der Waals surface area (Å²) in [4.78, 5) is 10.7. The summed E-state index contributed by atoms with van der Waals surface area (Å²) in [6, 6.07) is 1.74. The van der Waals surface area contributed by atoms with Gasteiger partial charge >= 0.3 is 5.97 Å². The number of carbonyl (C=O) groups excluding carboxylic acids is 1. The van der Waals surface area contributed by atoms with E-state index in [0.29, 0.717) is 12.2 Å². The van der Waals surface area contributed by atoms with Crippen molar-refractivity contribution in [2.75, 3.05) is 6.61 Å². The van der Waals surface area contributed by atoms with Crippen LogP contribution in [0.25, 0.3) is 0 Å². The minimum absolute atomic E-state index is 0.337. The van der Waals surface area contributed by atoms with E-state index in [1.807, 2.05) is 0 Å². The summed E-state index contributed by atoms with van der Waals surface area (Å²) in [6.45, 7) is 3.61. The first kappa shape index (κ1) is 8.70. The monoisotopic (exact) mass is 139 g/mol. The van der Waals surface area contributed by atoms with Gasteiger partial charge in [-0.3, -0.25) is 0 Å². The van der Waals surface area contributed by atoms with Crippen molar-refractivity contribution in [3.63, 3.8) is 0 Å². The van der Waals surface area contributed by atoms with Gasteiger partial charge in [0.1, 0.15) is 0 Å². The Balaban J connectivity index is 3.98. The lowest BCUT2D eigenvalue weighted by atomic mass is 10.3. The molecule has 0 unspecified atom stereocenters. The molecule has 0 radical (unpaired) electrons. The maximum Gasteiger partial charge on any atom is 0.334 e. The zero-order valence-electron chi connectivity index (χ0n) is 6.05. The lowest BCUT2D eigenvalue weighted by molar-refractivity contribution is -0.138. The molecular weight excluding hydrogens is 130 g/mol. The normalized spacial score (nSPS) is 10.3. The van der Waals surface area contributed by atoms with Gasteiger partial charge in [-0.05, 0) is 13.8 Å². The Kier molecular flexibility index (Phi) is 3.97. The fourth-order valence-corrected chi connectivity index (χ4v) is 0.401. The van der Waals surface area contributed by atoms with E-state index in [1.54, 1.807) is 19.9 Å².